The minimum atomic E-state index is -3.71. The van der Waals surface area contributed by atoms with Crippen molar-refractivity contribution in [2.45, 2.75) is 48.5 Å². The summed E-state index contributed by atoms with van der Waals surface area (Å²) in [6.07, 6.45) is 2.95. The van der Waals surface area contributed by atoms with Gasteiger partial charge in [-0.1, -0.05) is 102 Å². The standard InChI is InChI=1S/C35H39ClN2O3S.ClH/c1-28-13-19-33(20-14-28)42(40,41)37-27-34(29-9-4-2-5-10-29,30-11-6-3-7-12-30)21-8-24-38-25-22-35(39,23-26-38)31-15-17-32(36)18-16-31;/h2-7,9-20,37,39H,8,21-27H2,1H3;1H. The highest BCUT2D eigenvalue weighted by Gasteiger charge is 2.37. The van der Waals surface area contributed by atoms with Gasteiger partial charge in [-0.25, -0.2) is 13.1 Å². The van der Waals surface area contributed by atoms with E-state index in [1.54, 1.807) is 12.1 Å². The zero-order chi connectivity index (χ0) is 29.6. The first-order valence-electron chi connectivity index (χ1n) is 14.6. The fourth-order valence-corrected chi connectivity index (χ4v) is 7.30. The average molecular weight is 640 g/mol. The minimum absolute atomic E-state index is 0. The fourth-order valence-electron chi connectivity index (χ4n) is 6.08. The quantitative estimate of drug-likeness (QED) is 0.184. The molecule has 1 aliphatic rings. The number of nitrogens with one attached hydrogen (secondary N) is 1. The SMILES string of the molecule is Cc1ccc(S(=O)(=O)NCC(CCCN2CCC(O)(c3ccc(Cl)cc3)CC2)(c2ccccc2)c2ccccc2)cc1.Cl. The third-order valence-electron chi connectivity index (χ3n) is 8.69. The highest BCUT2D eigenvalue weighted by atomic mass is 35.5. The summed E-state index contributed by atoms with van der Waals surface area (Å²) in [6, 6.07) is 34.9. The number of rotatable bonds is 11. The first kappa shape index (κ1) is 33.2. The second kappa shape index (κ2) is 14.4. The molecule has 228 valence electrons. The van der Waals surface area contributed by atoms with Crippen molar-refractivity contribution in [2.75, 3.05) is 26.2 Å². The van der Waals surface area contributed by atoms with Gasteiger partial charge in [-0.2, -0.15) is 0 Å². The van der Waals surface area contributed by atoms with Crippen molar-refractivity contribution < 1.29 is 13.5 Å². The van der Waals surface area contributed by atoms with Gasteiger partial charge < -0.3 is 10.0 Å². The number of likely N-dealkylation sites (tertiary alicyclic amines) is 1. The summed E-state index contributed by atoms with van der Waals surface area (Å²) in [5.41, 5.74) is 2.70. The van der Waals surface area contributed by atoms with Gasteiger partial charge in [0.25, 0.3) is 0 Å². The maximum atomic E-state index is 13.4. The van der Waals surface area contributed by atoms with E-state index in [-0.39, 0.29) is 23.8 Å². The van der Waals surface area contributed by atoms with Crippen molar-refractivity contribution >= 4 is 34.0 Å². The van der Waals surface area contributed by atoms with Crippen LogP contribution in [0.4, 0.5) is 0 Å². The Morgan fingerprint density at radius 1 is 0.837 bits per heavy atom. The summed E-state index contributed by atoms with van der Waals surface area (Å²) >= 11 is 6.06. The van der Waals surface area contributed by atoms with E-state index in [2.05, 4.69) is 33.9 Å². The monoisotopic (exact) mass is 638 g/mol. The molecule has 1 heterocycles. The Morgan fingerprint density at radius 2 is 1.37 bits per heavy atom. The summed E-state index contributed by atoms with van der Waals surface area (Å²) < 4.78 is 29.8. The van der Waals surface area contributed by atoms with Gasteiger partial charge in [-0.05, 0) is 80.1 Å². The zero-order valence-corrected chi connectivity index (χ0v) is 26.8. The van der Waals surface area contributed by atoms with Crippen LogP contribution < -0.4 is 4.72 Å². The van der Waals surface area contributed by atoms with Crippen LogP contribution in [0.3, 0.4) is 0 Å². The van der Waals surface area contributed by atoms with Gasteiger partial charge in [0.15, 0.2) is 0 Å². The van der Waals surface area contributed by atoms with Crippen LogP contribution in [0.15, 0.2) is 114 Å². The number of sulfonamides is 1. The molecule has 1 fully saturated rings. The van der Waals surface area contributed by atoms with Crippen LogP contribution in [0.2, 0.25) is 5.02 Å². The van der Waals surface area contributed by atoms with E-state index in [0.717, 1.165) is 54.7 Å². The second-order valence-electron chi connectivity index (χ2n) is 11.4. The maximum Gasteiger partial charge on any atom is 0.240 e. The molecule has 0 radical (unpaired) electrons. The highest BCUT2D eigenvalue weighted by Crippen LogP contribution is 2.38. The van der Waals surface area contributed by atoms with Gasteiger partial charge in [-0.15, -0.1) is 12.4 Å². The van der Waals surface area contributed by atoms with E-state index in [1.165, 1.54) is 0 Å². The topological polar surface area (TPSA) is 69.6 Å². The molecule has 0 aliphatic carbocycles. The van der Waals surface area contributed by atoms with Crippen molar-refractivity contribution in [3.63, 3.8) is 0 Å². The first-order valence-corrected chi connectivity index (χ1v) is 16.4. The molecule has 5 nitrogen and oxygen atoms in total. The number of halogens is 2. The average Bonchev–Trinajstić information content (AvgIpc) is 3.01. The summed E-state index contributed by atoms with van der Waals surface area (Å²) in [4.78, 5) is 2.67. The second-order valence-corrected chi connectivity index (χ2v) is 13.6. The van der Waals surface area contributed by atoms with Crippen LogP contribution in [0.5, 0.6) is 0 Å². The van der Waals surface area contributed by atoms with Crippen LogP contribution in [0, 0.1) is 6.92 Å². The number of piperidine rings is 1. The Labute approximate surface area is 267 Å². The van der Waals surface area contributed by atoms with Gasteiger partial charge in [-0.3, -0.25) is 0 Å². The van der Waals surface area contributed by atoms with Crippen LogP contribution in [-0.4, -0.2) is 44.6 Å². The molecule has 2 N–H and O–H groups in total. The number of nitrogens with zero attached hydrogens (tertiary/aromatic N) is 1. The van der Waals surface area contributed by atoms with Gasteiger partial charge in [0.2, 0.25) is 10.0 Å². The molecule has 4 aromatic rings. The van der Waals surface area contributed by atoms with Gasteiger partial charge in [0, 0.05) is 30.1 Å². The molecule has 0 saturated carbocycles. The van der Waals surface area contributed by atoms with Crippen molar-refractivity contribution in [1.82, 2.24) is 9.62 Å². The Hall–Kier alpha value is -2.71. The molecule has 0 atom stereocenters. The first-order chi connectivity index (χ1) is 20.2. The maximum absolute atomic E-state index is 13.4. The molecule has 43 heavy (non-hydrogen) atoms. The number of aliphatic hydroxyl groups is 1. The molecule has 4 aromatic carbocycles. The fraction of sp³-hybridized carbons (Fsp3) is 0.314. The summed E-state index contributed by atoms with van der Waals surface area (Å²) in [5.74, 6) is 0. The summed E-state index contributed by atoms with van der Waals surface area (Å²) in [5, 5.41) is 12.0. The zero-order valence-electron chi connectivity index (χ0n) is 24.5. The van der Waals surface area contributed by atoms with Crippen LogP contribution in [-0.2, 0) is 21.0 Å². The predicted octanol–water partition coefficient (Wildman–Crippen LogP) is 7.10. The highest BCUT2D eigenvalue weighted by molar-refractivity contribution is 7.89. The third kappa shape index (κ3) is 7.88. The molecule has 0 spiro atoms. The summed E-state index contributed by atoms with van der Waals surface area (Å²) in [7, 11) is -3.71. The van der Waals surface area contributed by atoms with E-state index in [0.29, 0.717) is 17.9 Å². The van der Waals surface area contributed by atoms with E-state index in [9.17, 15) is 13.5 Å². The van der Waals surface area contributed by atoms with Gasteiger partial charge in [0.1, 0.15) is 0 Å². The predicted molar refractivity (Wildman–Crippen MR) is 178 cm³/mol. The Bertz CT molecular complexity index is 1500. The molecular formula is C35H40Cl2N2O3S. The van der Waals surface area contributed by atoms with E-state index >= 15 is 0 Å². The smallest absolute Gasteiger partial charge is 0.240 e. The molecule has 1 aliphatic heterocycles. The lowest BCUT2D eigenvalue weighted by Gasteiger charge is -2.40. The van der Waals surface area contributed by atoms with Crippen LogP contribution in [0.25, 0.3) is 0 Å². The Balaban J connectivity index is 0.00000423. The van der Waals surface area contributed by atoms with Gasteiger partial charge >= 0.3 is 0 Å². The Morgan fingerprint density at radius 3 is 1.91 bits per heavy atom. The largest absolute Gasteiger partial charge is 0.385 e. The van der Waals surface area contributed by atoms with Crippen LogP contribution >= 0.6 is 24.0 Å². The molecule has 5 rings (SSSR count). The number of benzene rings is 4. The molecule has 0 bridgehead atoms. The third-order valence-corrected chi connectivity index (χ3v) is 10.4. The van der Waals surface area contributed by atoms with E-state index in [1.807, 2.05) is 79.7 Å². The van der Waals surface area contributed by atoms with E-state index < -0.39 is 21.0 Å². The van der Waals surface area contributed by atoms with Crippen molar-refractivity contribution in [3.8, 4) is 0 Å². The lowest BCUT2D eigenvalue weighted by molar-refractivity contribution is -0.0262. The number of hydrogen-bond donors (Lipinski definition) is 2. The molecule has 0 unspecified atom stereocenters. The molecule has 0 amide bonds. The molecule has 8 heteroatoms. The van der Waals surface area contributed by atoms with Crippen molar-refractivity contribution in [3.05, 3.63) is 136 Å². The normalized spacial score (nSPS) is 15.5. The van der Waals surface area contributed by atoms with Crippen LogP contribution in [0.1, 0.15) is 47.9 Å². The van der Waals surface area contributed by atoms with E-state index in [4.69, 9.17) is 11.6 Å². The van der Waals surface area contributed by atoms with Crippen molar-refractivity contribution in [2.24, 2.45) is 0 Å². The lowest BCUT2D eigenvalue weighted by Crippen LogP contribution is -2.44. The molecule has 1 saturated heterocycles. The molecule has 0 aromatic heterocycles. The Kier molecular flexibility index (Phi) is 11.1. The molecular weight excluding hydrogens is 599 g/mol. The number of hydrogen-bond acceptors (Lipinski definition) is 4. The minimum Gasteiger partial charge on any atom is -0.385 e. The van der Waals surface area contributed by atoms with Gasteiger partial charge in [0.05, 0.1) is 10.5 Å². The summed E-state index contributed by atoms with van der Waals surface area (Å²) in [6.45, 7) is 4.64. The number of aryl methyl sites for hydroxylation is 1. The lowest BCUT2D eigenvalue weighted by atomic mass is 9.71. The van der Waals surface area contributed by atoms with Crippen molar-refractivity contribution in [1.29, 1.82) is 0 Å².